The van der Waals surface area contributed by atoms with E-state index in [2.05, 4.69) is 5.32 Å². The average Bonchev–Trinajstić information content (AvgIpc) is 2.41. The van der Waals surface area contributed by atoms with Gasteiger partial charge in [-0.3, -0.25) is 19.7 Å². The number of nitrogens with zero attached hydrogens (tertiary/aromatic N) is 1. The number of nitrogens with one attached hydrogen (secondary N) is 1. The summed E-state index contributed by atoms with van der Waals surface area (Å²) in [6.07, 6.45) is 2.15. The van der Waals surface area contributed by atoms with Gasteiger partial charge in [-0.1, -0.05) is 6.42 Å². The highest BCUT2D eigenvalue weighted by Crippen LogP contribution is 2.18. The molecule has 0 aromatic heterocycles. The molecule has 0 bridgehead atoms. The summed E-state index contributed by atoms with van der Waals surface area (Å²) in [5.41, 5.74) is 0.804. The molecule has 0 saturated carbocycles. The summed E-state index contributed by atoms with van der Waals surface area (Å²) in [4.78, 5) is 32.4. The fourth-order valence-corrected chi connectivity index (χ4v) is 1.88. The minimum Gasteiger partial charge on any atom is -0.481 e. The van der Waals surface area contributed by atoms with Crippen LogP contribution >= 0.6 is 0 Å². The summed E-state index contributed by atoms with van der Waals surface area (Å²) in [6.45, 7) is 2.04. The number of aliphatic carboxylic acids is 1. The van der Waals surface area contributed by atoms with Gasteiger partial charge in [-0.25, -0.2) is 0 Å². The number of nitro benzene ring substituents is 1. The number of hydrogen-bond acceptors (Lipinski definition) is 4. The lowest BCUT2D eigenvalue weighted by atomic mass is 10.1. The van der Waals surface area contributed by atoms with E-state index in [0.717, 1.165) is 6.42 Å². The van der Waals surface area contributed by atoms with Crippen molar-refractivity contribution in [3.63, 3.8) is 0 Å². The van der Waals surface area contributed by atoms with Gasteiger partial charge in [-0.05, 0) is 31.9 Å². The summed E-state index contributed by atoms with van der Waals surface area (Å²) >= 11 is 0. The quantitative estimate of drug-likeness (QED) is 0.434. The van der Waals surface area contributed by atoms with Crippen LogP contribution in [0.5, 0.6) is 0 Å². The van der Waals surface area contributed by atoms with Gasteiger partial charge in [-0.15, -0.1) is 0 Å². The number of carboxylic acid groups (broad SMARTS) is 1. The second-order valence-electron chi connectivity index (χ2n) is 4.72. The Bertz CT molecular complexity index is 542. The summed E-state index contributed by atoms with van der Waals surface area (Å²) in [5.74, 6) is -1.10. The Balaban J connectivity index is 2.40. The molecule has 1 amide bonds. The van der Waals surface area contributed by atoms with E-state index in [0.29, 0.717) is 30.5 Å². The highest BCUT2D eigenvalue weighted by molar-refractivity contribution is 5.94. The number of unbranched alkanes of at least 4 members (excludes halogenated alkanes) is 2. The zero-order valence-electron chi connectivity index (χ0n) is 11.8. The molecule has 0 spiro atoms. The number of nitro groups is 1. The largest absolute Gasteiger partial charge is 0.481 e. The maximum Gasteiger partial charge on any atom is 0.303 e. The van der Waals surface area contributed by atoms with E-state index >= 15 is 0 Å². The molecule has 21 heavy (non-hydrogen) atoms. The normalized spacial score (nSPS) is 10.1. The third-order valence-electron chi connectivity index (χ3n) is 3.01. The van der Waals surface area contributed by atoms with E-state index in [-0.39, 0.29) is 18.0 Å². The summed E-state index contributed by atoms with van der Waals surface area (Å²) in [5, 5.41) is 21.9. The van der Waals surface area contributed by atoms with Crippen LogP contribution in [-0.4, -0.2) is 28.5 Å². The van der Waals surface area contributed by atoms with E-state index in [1.807, 2.05) is 0 Å². The molecule has 0 fully saturated rings. The van der Waals surface area contributed by atoms with Gasteiger partial charge in [0, 0.05) is 30.2 Å². The van der Waals surface area contributed by atoms with Crippen LogP contribution < -0.4 is 5.32 Å². The Hall–Kier alpha value is -2.44. The average molecular weight is 294 g/mol. The van der Waals surface area contributed by atoms with Crippen LogP contribution in [0.25, 0.3) is 0 Å². The highest BCUT2D eigenvalue weighted by Gasteiger charge is 2.13. The van der Waals surface area contributed by atoms with Gasteiger partial charge in [0.05, 0.1) is 4.92 Å². The molecular weight excluding hydrogens is 276 g/mol. The molecule has 7 nitrogen and oxygen atoms in total. The molecule has 0 saturated heterocycles. The number of carboxylic acids is 1. The van der Waals surface area contributed by atoms with Crippen LogP contribution in [-0.2, 0) is 4.79 Å². The Labute approximate surface area is 122 Å². The molecule has 1 aromatic rings. The zero-order chi connectivity index (χ0) is 15.8. The minimum atomic E-state index is -0.819. The van der Waals surface area contributed by atoms with Crippen molar-refractivity contribution >= 4 is 17.6 Å². The molecule has 0 radical (unpaired) electrons. The number of amides is 1. The molecule has 2 N–H and O–H groups in total. The van der Waals surface area contributed by atoms with Gasteiger partial charge in [0.15, 0.2) is 0 Å². The SMILES string of the molecule is Cc1cc(C(=O)NCCCCCC(=O)O)ccc1[N+](=O)[O-]. The minimum absolute atomic E-state index is 0.0137. The first-order chi connectivity index (χ1) is 9.91. The van der Waals surface area contributed by atoms with Crippen LogP contribution in [0.15, 0.2) is 18.2 Å². The predicted molar refractivity (Wildman–Crippen MR) is 76.3 cm³/mol. The van der Waals surface area contributed by atoms with Crippen LogP contribution in [0.3, 0.4) is 0 Å². The Kier molecular flexibility index (Phi) is 6.32. The van der Waals surface area contributed by atoms with Crippen molar-refractivity contribution < 1.29 is 19.6 Å². The van der Waals surface area contributed by atoms with Crippen molar-refractivity contribution in [3.8, 4) is 0 Å². The molecule has 0 aliphatic heterocycles. The number of aryl methyl sites for hydroxylation is 1. The first-order valence-electron chi connectivity index (χ1n) is 6.67. The van der Waals surface area contributed by atoms with Gasteiger partial charge in [0.2, 0.25) is 0 Å². The van der Waals surface area contributed by atoms with Gasteiger partial charge in [0.1, 0.15) is 0 Å². The molecule has 0 unspecified atom stereocenters. The van der Waals surface area contributed by atoms with Crippen molar-refractivity contribution in [2.75, 3.05) is 6.54 Å². The topological polar surface area (TPSA) is 110 Å². The van der Waals surface area contributed by atoms with Gasteiger partial charge in [-0.2, -0.15) is 0 Å². The number of benzene rings is 1. The fraction of sp³-hybridized carbons (Fsp3) is 0.429. The maximum absolute atomic E-state index is 11.8. The second-order valence-corrected chi connectivity index (χ2v) is 4.72. The van der Waals surface area contributed by atoms with Crippen LogP contribution in [0.2, 0.25) is 0 Å². The molecule has 0 aliphatic rings. The highest BCUT2D eigenvalue weighted by atomic mass is 16.6. The lowest BCUT2D eigenvalue weighted by Gasteiger charge is -2.06. The number of carbonyl (C=O) groups excluding carboxylic acids is 1. The van der Waals surface area contributed by atoms with E-state index in [9.17, 15) is 19.7 Å². The van der Waals surface area contributed by atoms with Crippen molar-refractivity contribution in [3.05, 3.63) is 39.4 Å². The molecule has 0 atom stereocenters. The van der Waals surface area contributed by atoms with Gasteiger partial charge < -0.3 is 10.4 Å². The monoisotopic (exact) mass is 294 g/mol. The fourth-order valence-electron chi connectivity index (χ4n) is 1.88. The Morgan fingerprint density at radius 3 is 2.57 bits per heavy atom. The third kappa shape index (κ3) is 5.60. The zero-order valence-corrected chi connectivity index (χ0v) is 11.8. The smallest absolute Gasteiger partial charge is 0.303 e. The molecule has 0 heterocycles. The maximum atomic E-state index is 11.8. The lowest BCUT2D eigenvalue weighted by Crippen LogP contribution is -2.24. The van der Waals surface area contributed by atoms with E-state index in [4.69, 9.17) is 5.11 Å². The molecule has 1 rings (SSSR count). The molecule has 7 heteroatoms. The van der Waals surface area contributed by atoms with Gasteiger partial charge >= 0.3 is 5.97 Å². The lowest BCUT2D eigenvalue weighted by molar-refractivity contribution is -0.385. The summed E-state index contributed by atoms with van der Waals surface area (Å²) in [7, 11) is 0. The molecule has 0 aliphatic carbocycles. The summed E-state index contributed by atoms with van der Waals surface area (Å²) in [6, 6.07) is 4.22. The molecule has 114 valence electrons. The number of hydrogen-bond donors (Lipinski definition) is 2. The van der Waals surface area contributed by atoms with Crippen LogP contribution in [0, 0.1) is 17.0 Å². The van der Waals surface area contributed by atoms with Crippen molar-refractivity contribution in [1.29, 1.82) is 0 Å². The van der Waals surface area contributed by atoms with Crippen LogP contribution in [0.4, 0.5) is 5.69 Å². The van der Waals surface area contributed by atoms with Crippen LogP contribution in [0.1, 0.15) is 41.6 Å². The number of rotatable bonds is 8. The van der Waals surface area contributed by atoms with Crippen molar-refractivity contribution in [1.82, 2.24) is 5.32 Å². The first-order valence-corrected chi connectivity index (χ1v) is 6.67. The van der Waals surface area contributed by atoms with E-state index in [1.54, 1.807) is 6.92 Å². The second kappa shape index (κ2) is 7.98. The van der Waals surface area contributed by atoms with E-state index in [1.165, 1.54) is 18.2 Å². The van der Waals surface area contributed by atoms with Crippen molar-refractivity contribution in [2.45, 2.75) is 32.6 Å². The Morgan fingerprint density at radius 1 is 1.29 bits per heavy atom. The molecule has 1 aromatic carbocycles. The van der Waals surface area contributed by atoms with E-state index < -0.39 is 10.9 Å². The number of carbonyl (C=O) groups is 2. The third-order valence-corrected chi connectivity index (χ3v) is 3.01. The Morgan fingerprint density at radius 2 is 2.00 bits per heavy atom. The standard InChI is InChI=1S/C14H18N2O5/c1-10-9-11(6-7-12(10)16(20)21)14(19)15-8-4-2-3-5-13(17)18/h6-7,9H,2-5,8H2,1H3,(H,15,19)(H,17,18). The first kappa shape index (κ1) is 16.6. The molecular formula is C14H18N2O5. The predicted octanol–water partition coefficient (Wildman–Crippen LogP) is 2.28. The summed E-state index contributed by atoms with van der Waals surface area (Å²) < 4.78 is 0. The van der Waals surface area contributed by atoms with Crippen molar-refractivity contribution in [2.24, 2.45) is 0 Å². The van der Waals surface area contributed by atoms with Gasteiger partial charge in [0.25, 0.3) is 11.6 Å².